The number of carboxylic acids is 1. The van der Waals surface area contributed by atoms with Crippen LogP contribution in [0.4, 0.5) is 11.4 Å². The second-order valence-electron chi connectivity index (χ2n) is 5.05. The molecule has 1 aromatic carbocycles. The van der Waals surface area contributed by atoms with E-state index < -0.39 is 10.9 Å². The first kappa shape index (κ1) is 15.5. The van der Waals surface area contributed by atoms with Crippen LogP contribution in [0.15, 0.2) is 12.1 Å². The van der Waals surface area contributed by atoms with Gasteiger partial charge in [0.2, 0.25) is 0 Å². The molecule has 1 saturated heterocycles. The fourth-order valence-electron chi connectivity index (χ4n) is 2.54. The van der Waals surface area contributed by atoms with Gasteiger partial charge in [0.05, 0.1) is 33.4 Å². The minimum absolute atomic E-state index is 0.0582. The highest BCUT2D eigenvalue weighted by Crippen LogP contribution is 2.35. The van der Waals surface area contributed by atoms with Crippen LogP contribution in [-0.2, 0) is 4.74 Å². The summed E-state index contributed by atoms with van der Waals surface area (Å²) in [7, 11) is 0. The molecule has 2 atom stereocenters. The molecule has 8 heteroatoms. The van der Waals surface area contributed by atoms with Crippen molar-refractivity contribution < 1.29 is 19.6 Å². The van der Waals surface area contributed by atoms with Crippen molar-refractivity contribution >= 4 is 28.9 Å². The number of nitrogens with zero attached hydrogens (tertiary/aromatic N) is 2. The number of ether oxygens (including phenoxy) is 1. The molecule has 1 N–H and O–H groups in total. The van der Waals surface area contributed by atoms with Gasteiger partial charge in [-0.25, -0.2) is 4.79 Å². The first-order valence-electron chi connectivity index (χ1n) is 6.41. The molecular weight excluding hydrogens is 300 g/mol. The van der Waals surface area contributed by atoms with Gasteiger partial charge >= 0.3 is 5.97 Å². The summed E-state index contributed by atoms with van der Waals surface area (Å²) in [5.74, 6) is -1.25. The monoisotopic (exact) mass is 314 g/mol. The second kappa shape index (κ2) is 5.87. The van der Waals surface area contributed by atoms with Crippen molar-refractivity contribution in [3.05, 3.63) is 32.8 Å². The van der Waals surface area contributed by atoms with Gasteiger partial charge in [0, 0.05) is 25.2 Å². The van der Waals surface area contributed by atoms with Crippen LogP contribution >= 0.6 is 11.6 Å². The van der Waals surface area contributed by atoms with Crippen LogP contribution in [0, 0.1) is 10.1 Å². The number of benzene rings is 1. The molecule has 1 fully saturated rings. The summed E-state index contributed by atoms with van der Waals surface area (Å²) in [6.07, 6.45) is -0.164. The topological polar surface area (TPSA) is 92.9 Å². The van der Waals surface area contributed by atoms with Crippen molar-refractivity contribution in [2.75, 3.05) is 18.0 Å². The van der Waals surface area contributed by atoms with Gasteiger partial charge in [-0.3, -0.25) is 10.1 Å². The Morgan fingerprint density at radius 2 is 2.00 bits per heavy atom. The third-order valence-corrected chi connectivity index (χ3v) is 3.51. The summed E-state index contributed by atoms with van der Waals surface area (Å²) in [4.78, 5) is 23.4. The highest BCUT2D eigenvalue weighted by atomic mass is 35.5. The minimum Gasteiger partial charge on any atom is -0.478 e. The number of halogens is 1. The number of anilines is 1. The number of morpholine rings is 1. The molecule has 0 spiro atoms. The molecule has 0 radical (unpaired) electrons. The molecule has 2 rings (SSSR count). The van der Waals surface area contributed by atoms with E-state index in [4.69, 9.17) is 16.3 Å². The fraction of sp³-hybridized carbons (Fsp3) is 0.462. The maximum Gasteiger partial charge on any atom is 0.338 e. The Morgan fingerprint density at radius 1 is 1.43 bits per heavy atom. The van der Waals surface area contributed by atoms with E-state index in [0.29, 0.717) is 18.8 Å². The second-order valence-corrected chi connectivity index (χ2v) is 5.46. The van der Waals surface area contributed by atoms with Crippen LogP contribution < -0.4 is 4.90 Å². The first-order chi connectivity index (χ1) is 9.79. The smallest absolute Gasteiger partial charge is 0.338 e. The van der Waals surface area contributed by atoms with Crippen molar-refractivity contribution in [2.24, 2.45) is 0 Å². The molecule has 0 bridgehead atoms. The summed E-state index contributed by atoms with van der Waals surface area (Å²) < 4.78 is 5.60. The first-order valence-corrected chi connectivity index (χ1v) is 6.79. The van der Waals surface area contributed by atoms with Gasteiger partial charge in [-0.05, 0) is 13.8 Å². The van der Waals surface area contributed by atoms with Gasteiger partial charge in [-0.2, -0.15) is 0 Å². The molecule has 1 aliphatic heterocycles. The van der Waals surface area contributed by atoms with E-state index in [1.807, 2.05) is 13.8 Å². The molecule has 2 unspecified atom stereocenters. The van der Waals surface area contributed by atoms with Crippen molar-refractivity contribution in [2.45, 2.75) is 26.1 Å². The zero-order valence-corrected chi connectivity index (χ0v) is 12.3. The summed E-state index contributed by atoms with van der Waals surface area (Å²) >= 11 is 6.10. The molecule has 1 aliphatic rings. The van der Waals surface area contributed by atoms with Crippen molar-refractivity contribution in [1.82, 2.24) is 0 Å². The third kappa shape index (κ3) is 3.25. The molecule has 1 heterocycles. The number of hydrogen-bond acceptors (Lipinski definition) is 5. The van der Waals surface area contributed by atoms with Crippen LogP contribution in [0.5, 0.6) is 0 Å². The van der Waals surface area contributed by atoms with E-state index in [0.717, 1.165) is 6.07 Å². The molecule has 0 aliphatic carbocycles. The average molecular weight is 315 g/mol. The van der Waals surface area contributed by atoms with E-state index in [1.54, 1.807) is 4.90 Å². The maximum atomic E-state index is 11.4. The predicted molar refractivity (Wildman–Crippen MR) is 77.3 cm³/mol. The van der Waals surface area contributed by atoms with Crippen molar-refractivity contribution in [1.29, 1.82) is 0 Å². The summed E-state index contributed by atoms with van der Waals surface area (Å²) in [5.41, 5.74) is -0.206. The van der Waals surface area contributed by atoms with Gasteiger partial charge in [0.25, 0.3) is 5.69 Å². The zero-order chi connectivity index (χ0) is 15.7. The molecule has 0 aromatic heterocycles. The number of nitro groups is 1. The number of nitro benzene ring substituents is 1. The Balaban J connectivity index is 2.51. The van der Waals surface area contributed by atoms with Crippen LogP contribution in [0.3, 0.4) is 0 Å². The van der Waals surface area contributed by atoms with Crippen molar-refractivity contribution in [3.63, 3.8) is 0 Å². The highest BCUT2D eigenvalue weighted by molar-refractivity contribution is 6.34. The lowest BCUT2D eigenvalue weighted by Crippen LogP contribution is -2.46. The number of carbonyl (C=O) groups is 1. The molecule has 114 valence electrons. The molecule has 1 aromatic rings. The Bertz CT molecular complexity index is 582. The number of carboxylic acid groups (broad SMARTS) is 1. The lowest BCUT2D eigenvalue weighted by Gasteiger charge is -2.37. The largest absolute Gasteiger partial charge is 0.478 e. The van der Waals surface area contributed by atoms with E-state index in [1.165, 1.54) is 6.07 Å². The SMILES string of the molecule is CC1CN(c2c(Cl)cc([N+](=O)[O-])cc2C(=O)O)CC(C)O1. The van der Waals surface area contributed by atoms with Gasteiger partial charge in [-0.15, -0.1) is 0 Å². The van der Waals surface area contributed by atoms with Crippen LogP contribution in [0.1, 0.15) is 24.2 Å². The van der Waals surface area contributed by atoms with Gasteiger partial charge in [0.15, 0.2) is 0 Å². The third-order valence-electron chi connectivity index (χ3n) is 3.23. The number of aromatic carboxylic acids is 1. The van der Waals surface area contributed by atoms with Gasteiger partial charge in [0.1, 0.15) is 0 Å². The standard InChI is InChI=1S/C13H15ClN2O5/c1-7-5-15(6-8(2)21-7)12-10(13(17)18)3-9(16(19)20)4-11(12)14/h3-4,7-8H,5-6H2,1-2H3,(H,17,18). The molecule has 7 nitrogen and oxygen atoms in total. The summed E-state index contributed by atoms with van der Waals surface area (Å²) in [6, 6.07) is 2.21. The zero-order valence-electron chi connectivity index (χ0n) is 11.6. The van der Waals surface area contributed by atoms with E-state index in [-0.39, 0.29) is 28.5 Å². The summed E-state index contributed by atoms with van der Waals surface area (Å²) in [5, 5.41) is 20.2. The molecule has 0 amide bonds. The number of rotatable bonds is 3. The van der Waals surface area contributed by atoms with Crippen LogP contribution in [0.2, 0.25) is 5.02 Å². The van der Waals surface area contributed by atoms with Gasteiger partial charge in [-0.1, -0.05) is 11.6 Å². The molecular formula is C13H15ClN2O5. The maximum absolute atomic E-state index is 11.4. The number of hydrogen-bond donors (Lipinski definition) is 1. The van der Waals surface area contributed by atoms with Crippen molar-refractivity contribution in [3.8, 4) is 0 Å². The van der Waals surface area contributed by atoms with Crippen LogP contribution in [0.25, 0.3) is 0 Å². The lowest BCUT2D eigenvalue weighted by atomic mass is 10.1. The minimum atomic E-state index is -1.25. The normalized spacial score (nSPS) is 22.1. The highest BCUT2D eigenvalue weighted by Gasteiger charge is 2.29. The predicted octanol–water partition coefficient (Wildman–Crippen LogP) is 2.56. The van der Waals surface area contributed by atoms with E-state index in [2.05, 4.69) is 0 Å². The van der Waals surface area contributed by atoms with Crippen LogP contribution in [-0.4, -0.2) is 41.3 Å². The van der Waals surface area contributed by atoms with E-state index >= 15 is 0 Å². The summed E-state index contributed by atoms with van der Waals surface area (Å²) in [6.45, 7) is 4.70. The average Bonchev–Trinajstić information content (AvgIpc) is 2.36. The van der Waals surface area contributed by atoms with E-state index in [9.17, 15) is 20.0 Å². The molecule has 0 saturated carbocycles. The lowest BCUT2D eigenvalue weighted by molar-refractivity contribution is -0.384. The van der Waals surface area contributed by atoms with Gasteiger partial charge < -0.3 is 14.7 Å². The quantitative estimate of drug-likeness (QED) is 0.681. The molecule has 21 heavy (non-hydrogen) atoms. The number of non-ortho nitro benzene ring substituents is 1. The Kier molecular flexibility index (Phi) is 4.34. The fourth-order valence-corrected chi connectivity index (χ4v) is 2.87. The Hall–Kier alpha value is -1.86. The Labute approximate surface area is 126 Å². The Morgan fingerprint density at radius 3 is 2.48 bits per heavy atom.